The predicted octanol–water partition coefficient (Wildman–Crippen LogP) is 0.446. The standard InChI is InChI=1S/C2H8O6P2.C2H4.O5P2/c3-9(4,5)1-2-10(6,7)8;1-2;1-6(2)5-7(3)4/h1-2H2,(H2,3,4,5)(H2,6,7,8);1-2H2;/p+2. The van der Waals surface area contributed by atoms with Crippen molar-refractivity contribution in [1.29, 1.82) is 0 Å². The van der Waals surface area contributed by atoms with Crippen molar-refractivity contribution in [3.05, 3.63) is 13.2 Å². The molecule has 0 radical (unpaired) electrons. The topological polar surface area (TPSA) is 199 Å². The van der Waals surface area contributed by atoms with E-state index in [0.29, 0.717) is 0 Å². The molecule has 15 heteroatoms. The minimum Gasteiger partial charge on any atom is -0.324 e. The van der Waals surface area contributed by atoms with Crippen molar-refractivity contribution in [2.24, 2.45) is 0 Å². The molecule has 0 aliphatic rings. The highest BCUT2D eigenvalue weighted by Gasteiger charge is 2.31. The fraction of sp³-hybridized carbons (Fsp3) is 0.500. The summed E-state index contributed by atoms with van der Waals surface area (Å²) in [5.41, 5.74) is 0. The van der Waals surface area contributed by atoms with Crippen LogP contribution in [-0.4, -0.2) is 41.7 Å². The first kappa shape index (κ1) is 24.2. The summed E-state index contributed by atoms with van der Waals surface area (Å²) in [5.74, 6) is 0. The normalized spacial score (nSPS) is 12.3. The van der Waals surface area contributed by atoms with Gasteiger partial charge in [0.25, 0.3) is 0 Å². The van der Waals surface area contributed by atoms with Gasteiger partial charge in [-0.3, -0.25) is 9.13 Å². The maximum absolute atomic E-state index is 10.0. The zero-order chi connectivity index (χ0) is 16.3. The second kappa shape index (κ2) is 11.9. The minimum absolute atomic E-state index is 0.767. The molecule has 0 heterocycles. The molecule has 0 saturated carbocycles. The molecule has 0 spiro atoms. The van der Waals surface area contributed by atoms with Gasteiger partial charge in [0.2, 0.25) is 0 Å². The minimum atomic E-state index is -4.25. The second-order valence-electron chi connectivity index (χ2n) is 2.33. The molecular weight excluding hydrogens is 348 g/mol. The number of hydrogen-bond acceptors (Lipinski definition) is 5. The van der Waals surface area contributed by atoms with Crippen molar-refractivity contribution >= 4 is 31.7 Å². The summed E-state index contributed by atoms with van der Waals surface area (Å²) in [6, 6.07) is 0. The van der Waals surface area contributed by atoms with E-state index < -0.39 is 44.0 Å². The summed E-state index contributed by atoms with van der Waals surface area (Å²) >= 11 is 0. The fourth-order valence-electron chi connectivity index (χ4n) is 0.320. The van der Waals surface area contributed by atoms with Crippen molar-refractivity contribution in [3.8, 4) is 0 Å². The summed E-state index contributed by atoms with van der Waals surface area (Å²) < 4.78 is 42.2. The lowest BCUT2D eigenvalue weighted by Crippen LogP contribution is -1.95. The Hall–Kier alpha value is 0.120. The Morgan fingerprint density at radius 2 is 1.05 bits per heavy atom. The van der Waals surface area contributed by atoms with Crippen LogP contribution in [0.4, 0.5) is 0 Å². The molecule has 0 aliphatic carbocycles. The van der Waals surface area contributed by atoms with Crippen molar-refractivity contribution in [3.63, 3.8) is 0 Å². The molecule has 11 nitrogen and oxygen atoms in total. The van der Waals surface area contributed by atoms with E-state index in [2.05, 4.69) is 17.5 Å². The van der Waals surface area contributed by atoms with Crippen LogP contribution in [0.1, 0.15) is 0 Å². The van der Waals surface area contributed by atoms with Gasteiger partial charge >= 0.3 is 31.7 Å². The maximum Gasteiger partial charge on any atom is 0.745 e. The summed E-state index contributed by atoms with van der Waals surface area (Å²) in [6.07, 6.45) is -1.53. The molecule has 0 rings (SSSR count). The van der Waals surface area contributed by atoms with Crippen LogP contribution in [0.5, 0.6) is 0 Å². The third-order valence-corrected chi connectivity index (χ3v) is 3.90. The molecule has 0 aromatic carbocycles. The monoisotopic (exact) mass is 362 g/mol. The number of rotatable bonds is 5. The van der Waals surface area contributed by atoms with Gasteiger partial charge in [0.15, 0.2) is 4.31 Å². The average molecular weight is 362 g/mol. The third-order valence-electron chi connectivity index (χ3n) is 0.822. The fourth-order valence-corrected chi connectivity index (χ4v) is 2.88. The van der Waals surface area contributed by atoms with E-state index in [9.17, 15) is 18.3 Å². The van der Waals surface area contributed by atoms with Gasteiger partial charge in [-0.25, -0.2) is 0 Å². The van der Waals surface area contributed by atoms with Crippen LogP contribution in [-0.2, 0) is 22.6 Å². The lowest BCUT2D eigenvalue weighted by Gasteiger charge is -2.03. The van der Waals surface area contributed by atoms with Crippen LogP contribution in [0.2, 0.25) is 0 Å². The van der Waals surface area contributed by atoms with Gasteiger partial charge < -0.3 is 19.6 Å². The maximum atomic E-state index is 10.0. The summed E-state index contributed by atoms with van der Waals surface area (Å²) in [4.78, 5) is 47.9. The summed E-state index contributed by atoms with van der Waals surface area (Å²) in [7, 11) is -14.4. The Morgan fingerprint density at radius 3 is 1.11 bits per heavy atom. The van der Waals surface area contributed by atoms with E-state index in [4.69, 9.17) is 29.4 Å². The van der Waals surface area contributed by atoms with Gasteiger partial charge in [0.05, 0.1) is 12.3 Å². The molecule has 0 fully saturated rings. The van der Waals surface area contributed by atoms with Crippen molar-refractivity contribution in [2.45, 2.75) is 0 Å². The van der Waals surface area contributed by atoms with Crippen LogP contribution in [0.3, 0.4) is 0 Å². The Balaban J connectivity index is -0.000000249. The van der Waals surface area contributed by atoms with E-state index in [1.165, 1.54) is 0 Å². The molecule has 2 atom stereocenters. The largest absolute Gasteiger partial charge is 0.745 e. The van der Waals surface area contributed by atoms with Gasteiger partial charge in [-0.2, -0.15) is 0 Å². The van der Waals surface area contributed by atoms with Crippen molar-refractivity contribution in [2.75, 3.05) is 12.3 Å². The average Bonchev–Trinajstić information content (AvgIpc) is 2.15. The first-order chi connectivity index (χ1) is 8.33. The molecule has 114 valence electrons. The molecular formula is C4H14O11P4+2. The van der Waals surface area contributed by atoms with Gasteiger partial charge in [-0.1, -0.05) is 0 Å². The lowest BCUT2D eigenvalue weighted by atomic mass is 11.0. The Labute approximate surface area is 110 Å². The second-order valence-corrected chi connectivity index (χ2v) is 7.49. The zero-order valence-corrected chi connectivity index (χ0v) is 12.9. The Kier molecular flexibility index (Phi) is 15.1. The smallest absolute Gasteiger partial charge is 0.324 e. The highest BCUT2D eigenvalue weighted by atomic mass is 31.2. The van der Waals surface area contributed by atoms with Crippen LogP contribution >= 0.6 is 31.7 Å². The predicted molar refractivity (Wildman–Crippen MR) is 65.8 cm³/mol. The molecule has 0 bridgehead atoms. The molecule has 0 aromatic rings. The van der Waals surface area contributed by atoms with Gasteiger partial charge in [0.1, 0.15) is 0 Å². The van der Waals surface area contributed by atoms with Gasteiger partial charge in [-0.15, -0.1) is 22.9 Å². The SMILES string of the molecule is C=C.O=P(O)(O)CCP(=O)(O)O.O=[P+](O)O[P+](=O)O. The summed E-state index contributed by atoms with van der Waals surface area (Å²) in [5, 5.41) is 0. The quantitative estimate of drug-likeness (QED) is 0.293. The van der Waals surface area contributed by atoms with Crippen molar-refractivity contribution in [1.82, 2.24) is 0 Å². The van der Waals surface area contributed by atoms with Gasteiger partial charge in [-0.05, 0) is 0 Å². The van der Waals surface area contributed by atoms with Crippen LogP contribution < -0.4 is 0 Å². The molecule has 0 aliphatic heterocycles. The third kappa shape index (κ3) is 38.1. The van der Waals surface area contributed by atoms with Gasteiger partial charge in [0, 0.05) is 9.13 Å². The van der Waals surface area contributed by atoms with Crippen LogP contribution in [0.25, 0.3) is 0 Å². The molecule has 19 heavy (non-hydrogen) atoms. The molecule has 0 saturated heterocycles. The Morgan fingerprint density at radius 1 is 0.842 bits per heavy atom. The van der Waals surface area contributed by atoms with Crippen molar-refractivity contribution < 1.29 is 51.9 Å². The Bertz CT molecular complexity index is 333. The van der Waals surface area contributed by atoms with E-state index in [-0.39, 0.29) is 0 Å². The highest BCUT2D eigenvalue weighted by molar-refractivity contribution is 7.56. The van der Waals surface area contributed by atoms with Crippen LogP contribution in [0, 0.1) is 0 Å². The lowest BCUT2D eigenvalue weighted by molar-refractivity contribution is 0.360. The van der Waals surface area contributed by atoms with E-state index in [1.807, 2.05) is 0 Å². The van der Waals surface area contributed by atoms with E-state index >= 15 is 0 Å². The molecule has 6 N–H and O–H groups in total. The number of hydrogen-bond donors (Lipinski definition) is 6. The highest BCUT2D eigenvalue weighted by Crippen LogP contribution is 2.42. The first-order valence-electron chi connectivity index (χ1n) is 3.93. The van der Waals surface area contributed by atoms with E-state index in [0.717, 1.165) is 0 Å². The van der Waals surface area contributed by atoms with E-state index in [1.54, 1.807) is 0 Å². The molecule has 0 aromatic heterocycles. The van der Waals surface area contributed by atoms with Crippen LogP contribution in [0.15, 0.2) is 13.2 Å². The molecule has 2 unspecified atom stereocenters. The zero-order valence-electron chi connectivity index (χ0n) is 9.34. The summed E-state index contributed by atoms with van der Waals surface area (Å²) in [6.45, 7) is 6.00. The first-order valence-corrected chi connectivity index (χ1v) is 9.78. The molecule has 0 amide bonds.